The molecule has 1 saturated carbocycles. The lowest BCUT2D eigenvalue weighted by molar-refractivity contribution is -0.150. The Labute approximate surface area is 231 Å². The molecule has 1 aliphatic carbocycles. The van der Waals surface area contributed by atoms with E-state index in [1.807, 2.05) is 72.8 Å². The van der Waals surface area contributed by atoms with Gasteiger partial charge in [0.15, 0.2) is 0 Å². The number of carbonyl (C=O) groups excluding carboxylic acids is 3. The van der Waals surface area contributed by atoms with Crippen LogP contribution >= 0.6 is 0 Å². The molecule has 1 aliphatic heterocycles. The van der Waals surface area contributed by atoms with Gasteiger partial charge in [-0.3, -0.25) is 14.4 Å². The van der Waals surface area contributed by atoms with Gasteiger partial charge < -0.3 is 20.5 Å². The molecule has 0 saturated heterocycles. The minimum Gasteiger partial charge on any atom is -0.463 e. The molecule has 0 spiro atoms. The van der Waals surface area contributed by atoms with Crippen molar-refractivity contribution in [3.05, 3.63) is 83.9 Å². The highest BCUT2D eigenvalue weighted by atomic mass is 16.5. The number of allylic oxidation sites excluding steroid dienone is 2. The van der Waals surface area contributed by atoms with Crippen molar-refractivity contribution < 1.29 is 24.2 Å². The molecule has 0 aromatic heterocycles. The van der Waals surface area contributed by atoms with Gasteiger partial charge in [-0.15, -0.1) is 0 Å². The first-order valence-corrected chi connectivity index (χ1v) is 14.1. The van der Waals surface area contributed by atoms with E-state index in [0.717, 1.165) is 36.8 Å². The first-order chi connectivity index (χ1) is 19.0. The van der Waals surface area contributed by atoms with Gasteiger partial charge in [0.25, 0.3) is 0 Å². The van der Waals surface area contributed by atoms with E-state index in [9.17, 15) is 19.5 Å². The van der Waals surface area contributed by atoms with Crippen LogP contribution in [0, 0.1) is 11.8 Å². The normalized spacial score (nSPS) is 23.7. The smallest absolute Gasteiger partial charge is 0.309 e. The number of aliphatic hydroxyl groups excluding tert-OH is 1. The average Bonchev–Trinajstić information content (AvgIpc) is 3.41. The first-order valence-electron chi connectivity index (χ1n) is 14.1. The number of aliphatic hydroxyl groups is 1. The van der Waals surface area contributed by atoms with Crippen LogP contribution in [0.1, 0.15) is 56.1 Å². The van der Waals surface area contributed by atoms with E-state index >= 15 is 0 Å². The largest absolute Gasteiger partial charge is 0.463 e. The molecule has 2 aromatic carbocycles. The van der Waals surface area contributed by atoms with Crippen molar-refractivity contribution in [1.82, 2.24) is 10.6 Å². The van der Waals surface area contributed by atoms with Crippen molar-refractivity contribution in [3.63, 3.8) is 0 Å². The zero-order valence-electron chi connectivity index (χ0n) is 22.5. The van der Waals surface area contributed by atoms with Crippen LogP contribution in [0.2, 0.25) is 0 Å². The van der Waals surface area contributed by atoms with Crippen LogP contribution in [0.3, 0.4) is 0 Å². The van der Waals surface area contributed by atoms with Crippen molar-refractivity contribution >= 4 is 17.8 Å². The molecule has 1 fully saturated rings. The van der Waals surface area contributed by atoms with Crippen LogP contribution < -0.4 is 10.6 Å². The summed E-state index contributed by atoms with van der Waals surface area (Å²) < 4.78 is 5.77. The number of nitrogens with one attached hydrogen (secondary N) is 2. The molecule has 0 radical (unpaired) electrons. The second-order valence-corrected chi connectivity index (χ2v) is 10.9. The highest BCUT2D eigenvalue weighted by Gasteiger charge is 2.35. The minimum atomic E-state index is -0.580. The first kappa shape index (κ1) is 28.6. The molecule has 7 nitrogen and oxygen atoms in total. The molecule has 39 heavy (non-hydrogen) atoms. The van der Waals surface area contributed by atoms with Crippen LogP contribution in [-0.2, 0) is 32.0 Å². The Bertz CT molecular complexity index is 1110. The Kier molecular flexibility index (Phi) is 10.3. The SMILES string of the molecule is O=C(C[C@H]1CC=CC[C@@H](Cc2ccccc2)C(=O)OC[C@@H](Cc2ccccc2)NC1=O)NC1(CO)CCCC1. The maximum Gasteiger partial charge on any atom is 0.309 e. The summed E-state index contributed by atoms with van der Waals surface area (Å²) in [4.78, 5) is 39.6. The van der Waals surface area contributed by atoms with Crippen molar-refractivity contribution in [3.8, 4) is 0 Å². The third kappa shape index (κ3) is 8.52. The van der Waals surface area contributed by atoms with Gasteiger partial charge in [-0.1, -0.05) is 85.7 Å². The van der Waals surface area contributed by atoms with Crippen LogP contribution in [0.25, 0.3) is 0 Å². The van der Waals surface area contributed by atoms with E-state index < -0.39 is 17.5 Å². The zero-order chi connectivity index (χ0) is 27.5. The highest BCUT2D eigenvalue weighted by molar-refractivity contribution is 5.86. The Morgan fingerprint density at radius 1 is 0.897 bits per heavy atom. The zero-order valence-corrected chi connectivity index (χ0v) is 22.5. The van der Waals surface area contributed by atoms with Crippen molar-refractivity contribution in [2.45, 2.75) is 69.4 Å². The topological polar surface area (TPSA) is 105 Å². The van der Waals surface area contributed by atoms with Gasteiger partial charge in [-0.05, 0) is 49.7 Å². The molecule has 208 valence electrons. The Balaban J connectivity index is 1.50. The minimum absolute atomic E-state index is 0.0310. The predicted molar refractivity (Wildman–Crippen MR) is 150 cm³/mol. The molecule has 0 unspecified atom stereocenters. The lowest BCUT2D eigenvalue weighted by atomic mass is 9.93. The number of ether oxygens (including phenoxy) is 1. The summed E-state index contributed by atoms with van der Waals surface area (Å²) in [6.07, 6.45) is 9.23. The maximum absolute atomic E-state index is 13.4. The monoisotopic (exact) mass is 532 g/mol. The molecule has 3 N–H and O–H groups in total. The lowest BCUT2D eigenvalue weighted by Crippen LogP contribution is -2.50. The fourth-order valence-corrected chi connectivity index (χ4v) is 5.58. The molecule has 7 heteroatoms. The van der Waals surface area contributed by atoms with Crippen molar-refractivity contribution in [1.29, 1.82) is 0 Å². The van der Waals surface area contributed by atoms with Gasteiger partial charge in [0.1, 0.15) is 6.61 Å². The van der Waals surface area contributed by atoms with Crippen molar-refractivity contribution in [2.24, 2.45) is 11.8 Å². The fourth-order valence-electron chi connectivity index (χ4n) is 5.58. The summed E-state index contributed by atoms with van der Waals surface area (Å²) in [7, 11) is 0. The van der Waals surface area contributed by atoms with E-state index in [1.54, 1.807) is 0 Å². The molecule has 2 amide bonds. The molecule has 2 aromatic rings. The van der Waals surface area contributed by atoms with Gasteiger partial charge in [-0.2, -0.15) is 0 Å². The van der Waals surface area contributed by atoms with Crippen LogP contribution in [-0.4, -0.2) is 47.7 Å². The Morgan fingerprint density at radius 3 is 2.10 bits per heavy atom. The number of hydrogen-bond acceptors (Lipinski definition) is 5. The summed E-state index contributed by atoms with van der Waals surface area (Å²) in [5.41, 5.74) is 1.50. The Hall–Kier alpha value is -3.45. The molecule has 2 aliphatic rings. The number of carbonyl (C=O) groups is 3. The number of amides is 2. The van der Waals surface area contributed by atoms with Gasteiger partial charge in [0.05, 0.1) is 30.0 Å². The molecule has 1 heterocycles. The summed E-state index contributed by atoms with van der Waals surface area (Å²) in [5.74, 6) is -1.65. The third-order valence-corrected chi connectivity index (χ3v) is 7.83. The van der Waals surface area contributed by atoms with Gasteiger partial charge >= 0.3 is 5.97 Å². The summed E-state index contributed by atoms with van der Waals surface area (Å²) in [6, 6.07) is 19.2. The summed E-state index contributed by atoms with van der Waals surface area (Å²) >= 11 is 0. The van der Waals surface area contributed by atoms with Crippen LogP contribution in [0.4, 0.5) is 0 Å². The standard InChI is InChI=1S/C32H40N2O5/c35-23-32(17-9-10-18-32)34-29(36)21-26-15-7-8-16-27(19-24-11-3-1-4-12-24)31(38)39-22-28(33-30(26)37)20-25-13-5-2-6-14-25/h1-8,11-14,26-28,35H,9-10,15-23H2,(H,33,37)(H,34,36)/t26-,27+,28-/m1/s1. The van der Waals surface area contributed by atoms with E-state index in [-0.39, 0.29) is 43.3 Å². The van der Waals surface area contributed by atoms with E-state index in [0.29, 0.717) is 25.7 Å². The predicted octanol–water partition coefficient (Wildman–Crippen LogP) is 3.89. The lowest BCUT2D eigenvalue weighted by Gasteiger charge is -2.29. The van der Waals surface area contributed by atoms with Crippen LogP contribution in [0.15, 0.2) is 72.8 Å². The molecule has 4 rings (SSSR count). The third-order valence-electron chi connectivity index (χ3n) is 7.83. The van der Waals surface area contributed by atoms with E-state index in [1.165, 1.54) is 0 Å². The molecular formula is C32H40N2O5. The number of rotatable bonds is 8. The molecular weight excluding hydrogens is 492 g/mol. The summed E-state index contributed by atoms with van der Waals surface area (Å²) in [6.45, 7) is -0.0379. The van der Waals surface area contributed by atoms with E-state index in [2.05, 4.69) is 10.6 Å². The fraction of sp³-hybridized carbons (Fsp3) is 0.469. The summed E-state index contributed by atoms with van der Waals surface area (Å²) in [5, 5.41) is 16.0. The average molecular weight is 533 g/mol. The van der Waals surface area contributed by atoms with Crippen molar-refractivity contribution in [2.75, 3.05) is 13.2 Å². The number of hydrogen-bond donors (Lipinski definition) is 3. The van der Waals surface area contributed by atoms with E-state index in [4.69, 9.17) is 4.74 Å². The number of benzene rings is 2. The number of cyclic esters (lactones) is 1. The second-order valence-electron chi connectivity index (χ2n) is 10.9. The van der Waals surface area contributed by atoms with Gasteiger partial charge in [0.2, 0.25) is 11.8 Å². The van der Waals surface area contributed by atoms with Gasteiger partial charge in [0, 0.05) is 6.42 Å². The van der Waals surface area contributed by atoms with Crippen LogP contribution in [0.5, 0.6) is 0 Å². The molecule has 0 bridgehead atoms. The quantitative estimate of drug-likeness (QED) is 0.353. The highest BCUT2D eigenvalue weighted by Crippen LogP contribution is 2.29. The molecule has 3 atom stereocenters. The Morgan fingerprint density at radius 2 is 1.49 bits per heavy atom. The number of esters is 1. The maximum atomic E-state index is 13.4. The van der Waals surface area contributed by atoms with Gasteiger partial charge in [-0.25, -0.2) is 0 Å². The second kappa shape index (κ2) is 14.1.